The van der Waals surface area contributed by atoms with Crippen molar-refractivity contribution < 1.29 is 23.8 Å². The fourth-order valence-corrected chi connectivity index (χ4v) is 6.11. The van der Waals surface area contributed by atoms with Crippen LogP contribution in [0.5, 0.6) is 0 Å². The molecule has 4 aromatic rings. The van der Waals surface area contributed by atoms with Crippen LogP contribution in [0, 0.1) is 0 Å². The molecule has 14 heteroatoms. The van der Waals surface area contributed by atoms with Gasteiger partial charge < -0.3 is 0 Å². The Balaban J connectivity index is 1.47. The minimum absolute atomic E-state index is 0.0963. The number of ether oxygens (including phenoxy) is 1. The number of imidazole rings is 2. The second-order valence-electron chi connectivity index (χ2n) is 7.91. The topological polar surface area (TPSA) is 136 Å². The molecular weight excluding hydrogens is 504 g/mol. The number of aliphatic hydroxyl groups excluding tert-OH is 1. The fraction of sp³-hybridized carbons (Fsp3) is 0.278. The summed E-state index contributed by atoms with van der Waals surface area (Å²) in [5.74, 6) is 0.329. The van der Waals surface area contributed by atoms with Crippen LogP contribution in [0.2, 0.25) is 0 Å². The van der Waals surface area contributed by atoms with Gasteiger partial charge in [-0.2, -0.15) is 0 Å². The molecule has 0 aliphatic carbocycles. The van der Waals surface area contributed by atoms with Crippen LogP contribution >= 0.6 is 23.8 Å². The Morgan fingerprint density at radius 2 is 2.06 bits per heavy atom. The summed E-state index contributed by atoms with van der Waals surface area (Å²) in [4.78, 5) is 35.4. The molecule has 32 heavy (non-hydrogen) atoms. The van der Waals surface area contributed by atoms with Crippen molar-refractivity contribution in [3.63, 3.8) is 0 Å². The first-order valence-electron chi connectivity index (χ1n) is 9.94. The van der Waals surface area contributed by atoms with Gasteiger partial charge in [0.25, 0.3) is 0 Å². The molecule has 3 aromatic heterocycles. The number of benzene rings is 1. The van der Waals surface area contributed by atoms with Crippen LogP contribution in [0.3, 0.4) is 0 Å². The maximum atomic E-state index is 13.2. The van der Waals surface area contributed by atoms with E-state index in [4.69, 9.17) is 13.8 Å². The SMILES string of the molecule is B[PH]1(O)OC[C@H]2O[C@@H](n3c(Br)nc4c(=O)n5cc(-c6ccccc6)[nH]c5nc43)[C@@H](O)[C@H]2O1. The van der Waals surface area contributed by atoms with E-state index in [0.29, 0.717) is 5.78 Å². The number of fused-ring (bicyclic) bond motifs is 3. The molecule has 2 aliphatic rings. The molecular formula is C18H18BBrN5O6P. The van der Waals surface area contributed by atoms with Crippen molar-refractivity contribution in [3.05, 3.63) is 51.6 Å². The van der Waals surface area contributed by atoms with E-state index in [2.05, 4.69) is 30.9 Å². The van der Waals surface area contributed by atoms with Crippen molar-refractivity contribution in [2.45, 2.75) is 24.5 Å². The Bertz CT molecular complexity index is 1410. The molecule has 6 rings (SSSR count). The van der Waals surface area contributed by atoms with E-state index >= 15 is 0 Å². The van der Waals surface area contributed by atoms with E-state index in [1.54, 1.807) is 6.20 Å². The van der Waals surface area contributed by atoms with Gasteiger partial charge in [-0.05, 0) is 0 Å². The summed E-state index contributed by atoms with van der Waals surface area (Å²) in [6, 6.07) is 9.58. The average molecular weight is 522 g/mol. The van der Waals surface area contributed by atoms with Crippen LogP contribution in [0.15, 0.2) is 46.1 Å². The van der Waals surface area contributed by atoms with Gasteiger partial charge in [0, 0.05) is 0 Å². The molecule has 166 valence electrons. The number of aromatic amines is 1. The van der Waals surface area contributed by atoms with Crippen molar-refractivity contribution in [2.75, 3.05) is 6.61 Å². The third kappa shape index (κ3) is 3.08. The summed E-state index contributed by atoms with van der Waals surface area (Å²) in [6.45, 7) is 0.0963. The Hall–Kier alpha value is -2.12. The van der Waals surface area contributed by atoms with Gasteiger partial charge in [-0.15, -0.1) is 0 Å². The molecule has 2 saturated heterocycles. The number of aliphatic hydroxyl groups is 1. The Labute approximate surface area is 190 Å². The van der Waals surface area contributed by atoms with Crippen molar-refractivity contribution in [3.8, 4) is 11.3 Å². The molecule has 0 amide bonds. The molecule has 4 atom stereocenters. The molecule has 2 fully saturated rings. The second kappa shape index (κ2) is 7.19. The maximum absolute atomic E-state index is 13.2. The zero-order valence-corrected chi connectivity index (χ0v) is 19.3. The Morgan fingerprint density at radius 3 is 2.84 bits per heavy atom. The number of nitrogens with zero attached hydrogens (tertiary/aromatic N) is 4. The van der Waals surface area contributed by atoms with Crippen LogP contribution in [0.25, 0.3) is 28.2 Å². The summed E-state index contributed by atoms with van der Waals surface area (Å²) in [7, 11) is -1.84. The van der Waals surface area contributed by atoms with E-state index in [9.17, 15) is 14.8 Å². The first-order valence-corrected chi connectivity index (χ1v) is 13.0. The first kappa shape index (κ1) is 20.5. The number of halogens is 1. The molecule has 0 radical (unpaired) electrons. The van der Waals surface area contributed by atoms with Gasteiger partial charge in [-0.1, -0.05) is 18.2 Å². The fourth-order valence-electron chi connectivity index (χ4n) is 4.23. The average Bonchev–Trinajstić information content (AvgIpc) is 3.43. The van der Waals surface area contributed by atoms with Crippen LogP contribution in [0.1, 0.15) is 6.23 Å². The van der Waals surface area contributed by atoms with Gasteiger partial charge in [0.05, 0.1) is 0 Å². The van der Waals surface area contributed by atoms with Crippen molar-refractivity contribution in [1.29, 1.82) is 0 Å². The van der Waals surface area contributed by atoms with E-state index in [1.807, 2.05) is 30.3 Å². The second-order valence-corrected chi connectivity index (χ2v) is 10.9. The molecule has 1 aromatic carbocycles. The molecule has 3 N–H and O–H groups in total. The van der Waals surface area contributed by atoms with E-state index in [-0.39, 0.29) is 28.1 Å². The molecule has 0 unspecified atom stereocenters. The summed E-state index contributed by atoms with van der Waals surface area (Å²) in [5.41, 5.74) is 1.65. The van der Waals surface area contributed by atoms with Crippen LogP contribution in [0.4, 0.5) is 0 Å². The van der Waals surface area contributed by atoms with E-state index in [0.717, 1.165) is 11.3 Å². The van der Waals surface area contributed by atoms with Gasteiger partial charge in [-0.25, -0.2) is 0 Å². The molecule has 2 aliphatic heterocycles. The number of hydrogen-bond acceptors (Lipinski definition) is 8. The normalized spacial score (nSPS) is 28.2. The van der Waals surface area contributed by atoms with E-state index in [1.165, 1.54) is 16.5 Å². The monoisotopic (exact) mass is 521 g/mol. The third-order valence-corrected chi connectivity index (χ3v) is 7.70. The third-order valence-electron chi connectivity index (χ3n) is 5.73. The van der Waals surface area contributed by atoms with Crippen molar-refractivity contribution >= 4 is 48.3 Å². The quantitative estimate of drug-likeness (QED) is 0.197. The van der Waals surface area contributed by atoms with Gasteiger partial charge in [0.2, 0.25) is 0 Å². The summed E-state index contributed by atoms with van der Waals surface area (Å²) in [6.07, 6.45) is -1.72. The van der Waals surface area contributed by atoms with Crippen LogP contribution in [-0.4, -0.2) is 66.4 Å². The summed E-state index contributed by atoms with van der Waals surface area (Å²) in [5, 5.41) is 10.9. The molecule has 0 bridgehead atoms. The molecule has 11 nitrogen and oxygen atoms in total. The van der Waals surface area contributed by atoms with Crippen molar-refractivity contribution in [1.82, 2.24) is 23.9 Å². The van der Waals surface area contributed by atoms with Gasteiger partial charge >= 0.3 is 172 Å². The Morgan fingerprint density at radius 1 is 1.28 bits per heavy atom. The number of H-pyrrole nitrogens is 1. The number of rotatable bonds is 2. The van der Waals surface area contributed by atoms with Crippen LogP contribution in [-0.2, 0) is 13.8 Å². The van der Waals surface area contributed by atoms with Gasteiger partial charge in [-0.3, -0.25) is 0 Å². The zero-order valence-electron chi connectivity index (χ0n) is 16.7. The standard InChI is InChI=1S/C18H18BBrN5O6P/c19-32(28)29-7-10-13(31-32)12(26)16(30-10)25-14-11(22-17(25)20)15(27)24-6-9(21-18(24)23-14)8-4-2-1-3-5-8/h1-6,10,12-13,16,26,28,32H,7,19H2,(H,21,23)/t10-,12+,13+,16-/m1/s1. The minimum atomic E-state index is -3.33. The Kier molecular flexibility index (Phi) is 4.60. The molecule has 0 spiro atoms. The number of aromatic nitrogens is 5. The molecule has 0 saturated carbocycles. The predicted octanol–water partition coefficient (Wildman–Crippen LogP) is 0.511. The predicted molar refractivity (Wildman–Crippen MR) is 122 cm³/mol. The zero-order chi connectivity index (χ0) is 22.2. The number of hydrogen-bond donors (Lipinski definition) is 3. The molecule has 5 heterocycles. The number of nitrogens with one attached hydrogen (secondary N) is 1. The summed E-state index contributed by atoms with van der Waals surface area (Å²) < 4.78 is 20.1. The van der Waals surface area contributed by atoms with Gasteiger partial charge in [0.15, 0.2) is 0 Å². The summed E-state index contributed by atoms with van der Waals surface area (Å²) >= 11 is 3.36. The van der Waals surface area contributed by atoms with Gasteiger partial charge in [0.1, 0.15) is 0 Å². The van der Waals surface area contributed by atoms with E-state index < -0.39 is 32.4 Å². The van der Waals surface area contributed by atoms with Crippen LogP contribution < -0.4 is 5.56 Å². The first-order chi connectivity index (χ1) is 15.3. The van der Waals surface area contributed by atoms with Crippen molar-refractivity contribution in [2.24, 2.45) is 0 Å².